The van der Waals surface area contributed by atoms with Crippen molar-refractivity contribution in [1.29, 1.82) is 10.7 Å². The Bertz CT molecular complexity index is 1690. The van der Waals surface area contributed by atoms with Crippen LogP contribution in [0, 0.1) is 16.7 Å². The number of likely N-dealkylation sites (tertiary alicyclic amines) is 1. The largest absolute Gasteiger partial charge is 0.486 e. The van der Waals surface area contributed by atoms with Crippen LogP contribution in [-0.4, -0.2) is 107 Å². The maximum Gasteiger partial charge on any atom is 0.269 e. The number of carbonyl (C=O) groups excluding carboxylic acids is 1. The van der Waals surface area contributed by atoms with E-state index in [1.807, 2.05) is 12.1 Å². The van der Waals surface area contributed by atoms with Gasteiger partial charge in [-0.15, -0.1) is 0 Å². The molecule has 3 fully saturated rings. The molecular weight excluding hydrogens is 627 g/mol. The van der Waals surface area contributed by atoms with E-state index in [9.17, 15) is 10.1 Å². The summed E-state index contributed by atoms with van der Waals surface area (Å²) in [6.07, 6.45) is 0.189. The minimum atomic E-state index is -1.52. The maximum absolute atomic E-state index is 15.1. The average Bonchev–Trinajstić information content (AvgIpc) is 3.05. The summed E-state index contributed by atoms with van der Waals surface area (Å²) in [5, 5.41) is 19.9. The lowest BCUT2D eigenvalue weighted by molar-refractivity contribution is -0.131. The summed E-state index contributed by atoms with van der Waals surface area (Å²) in [4.78, 5) is 31.6. The molecule has 0 spiro atoms. The predicted molar refractivity (Wildman–Crippen MR) is 174 cm³/mol. The summed E-state index contributed by atoms with van der Waals surface area (Å²) in [5.41, 5.74) is 8.17. The molecule has 0 saturated carbocycles. The van der Waals surface area contributed by atoms with E-state index in [1.54, 1.807) is 18.2 Å². The Morgan fingerprint density at radius 1 is 1.15 bits per heavy atom. The normalized spacial score (nSPS) is 20.7. The van der Waals surface area contributed by atoms with Crippen molar-refractivity contribution in [3.63, 3.8) is 0 Å². The highest BCUT2D eigenvalue weighted by molar-refractivity contribution is 6.67. The number of benzene rings is 2. The van der Waals surface area contributed by atoms with Gasteiger partial charge < -0.3 is 30.3 Å². The number of nitrogens with zero attached hydrogens (tertiary/aromatic N) is 7. The smallest absolute Gasteiger partial charge is 0.269 e. The Hall–Kier alpha value is -4.84. The second-order valence-electron chi connectivity index (χ2n) is 11.5. The van der Waals surface area contributed by atoms with E-state index in [0.717, 1.165) is 56.8 Å². The van der Waals surface area contributed by atoms with Gasteiger partial charge >= 0.3 is 0 Å². The van der Waals surface area contributed by atoms with Crippen LogP contribution in [0.15, 0.2) is 60.6 Å². The van der Waals surface area contributed by atoms with E-state index in [1.165, 1.54) is 11.2 Å². The van der Waals surface area contributed by atoms with E-state index in [0.29, 0.717) is 23.4 Å². The Labute approximate surface area is 276 Å². The zero-order valence-corrected chi connectivity index (χ0v) is 26.2. The zero-order chi connectivity index (χ0) is 32.9. The summed E-state index contributed by atoms with van der Waals surface area (Å²) in [6.45, 7) is 5.61. The number of allylic oxidation sites excluding steroid dienone is 1. The average molecular weight is 661 g/mol. The number of alkyl halides is 1. The molecule has 0 radical (unpaired) electrons. The molecule has 15 heteroatoms. The van der Waals surface area contributed by atoms with Crippen molar-refractivity contribution in [2.24, 2.45) is 5.73 Å². The quantitative estimate of drug-likeness (QED) is 0.228. The lowest BCUT2D eigenvalue weighted by Gasteiger charge is -2.43. The molecule has 2 unspecified atom stereocenters. The van der Waals surface area contributed by atoms with Gasteiger partial charge in [-0.2, -0.15) is 10.2 Å². The molecule has 13 nitrogen and oxygen atoms in total. The van der Waals surface area contributed by atoms with Crippen LogP contribution in [0.5, 0.6) is 5.75 Å². The molecule has 47 heavy (non-hydrogen) atoms. The third kappa shape index (κ3) is 7.60. The third-order valence-electron chi connectivity index (χ3n) is 8.45. The molecule has 3 saturated heterocycles. The third-order valence-corrected chi connectivity index (χ3v) is 8.56. The molecule has 4 N–H and O–H groups in total. The number of anilines is 3. The number of amides is 1. The Balaban J connectivity index is 1.06. The second-order valence-corrected chi connectivity index (χ2v) is 11.9. The Morgan fingerprint density at radius 3 is 2.57 bits per heavy atom. The van der Waals surface area contributed by atoms with Crippen molar-refractivity contribution in [1.82, 2.24) is 24.8 Å². The first-order valence-electron chi connectivity index (χ1n) is 15.3. The molecular formula is C32H34ClFN10O3. The Kier molecular flexibility index (Phi) is 9.76. The molecule has 6 rings (SSSR count). The zero-order valence-electron chi connectivity index (χ0n) is 25.5. The molecule has 4 heterocycles. The minimum absolute atomic E-state index is 0.182. The number of piperazine rings is 1. The fraction of sp³-hybridized carbons (Fsp3) is 0.375. The monoisotopic (exact) mass is 660 g/mol. The van der Waals surface area contributed by atoms with E-state index >= 15 is 4.39 Å². The van der Waals surface area contributed by atoms with E-state index in [-0.39, 0.29) is 36.5 Å². The molecule has 3 aliphatic heterocycles. The first-order valence-corrected chi connectivity index (χ1v) is 15.6. The molecule has 244 valence electrons. The van der Waals surface area contributed by atoms with Gasteiger partial charge in [0.1, 0.15) is 35.1 Å². The number of nitrogens with two attached hydrogens (primary N) is 1. The second kappa shape index (κ2) is 14.3. The number of rotatable bonds is 9. The highest BCUT2D eigenvalue weighted by Crippen LogP contribution is 2.29. The number of hydrogen-bond donors (Lipinski definition) is 3. The molecule has 0 aliphatic carbocycles. The lowest BCUT2D eigenvalue weighted by Crippen LogP contribution is -2.56. The van der Waals surface area contributed by atoms with Crippen LogP contribution in [0.1, 0.15) is 12.0 Å². The SMILES string of the molecule is N#Cc1cc(-c2ncnc(Nc3ccc(N4CCN(C5COC5)CC4)cc3)n2)ccc1OC1CCN(C(=O)/C(N)=C/C(=N)Cl)CC1F. The van der Waals surface area contributed by atoms with Gasteiger partial charge in [-0.25, -0.2) is 14.4 Å². The van der Waals surface area contributed by atoms with Crippen molar-refractivity contribution in [2.45, 2.75) is 24.7 Å². The standard InChI is InChI=1S/C32H34ClFN10O3/c33-29(37)14-26(36)31(45)44-8-7-28(25(34)16-44)47-27-6-1-20(13-21(27)15-35)30-38-19-39-32(41-30)40-22-2-4-23(5-3-22)42-9-11-43(12-10-42)24-17-46-18-24/h1-6,13-14,19,24-25,28,37H,7-12,16-18,36H2,(H,38,39,40,41)/b26-14-,37-29?. The number of carbonyl (C=O) groups is 1. The predicted octanol–water partition coefficient (Wildman–Crippen LogP) is 3.05. The maximum atomic E-state index is 15.1. The van der Waals surface area contributed by atoms with Crippen LogP contribution >= 0.6 is 11.6 Å². The number of nitrogens with one attached hydrogen (secondary N) is 2. The molecule has 1 amide bonds. The van der Waals surface area contributed by atoms with Crippen LogP contribution in [0.25, 0.3) is 11.4 Å². The summed E-state index contributed by atoms with van der Waals surface area (Å²) in [7, 11) is 0. The molecule has 2 aromatic carbocycles. The molecule has 2 atom stereocenters. The van der Waals surface area contributed by atoms with Crippen LogP contribution in [0.3, 0.4) is 0 Å². The van der Waals surface area contributed by atoms with Gasteiger partial charge in [0.2, 0.25) is 5.95 Å². The van der Waals surface area contributed by atoms with Crippen LogP contribution in [-0.2, 0) is 9.53 Å². The Morgan fingerprint density at radius 2 is 1.91 bits per heavy atom. The molecule has 3 aliphatic rings. The van der Waals surface area contributed by atoms with Gasteiger partial charge in [-0.05, 0) is 42.5 Å². The van der Waals surface area contributed by atoms with Crippen molar-refractivity contribution >= 4 is 40.0 Å². The topological polar surface area (TPSA) is 170 Å². The summed E-state index contributed by atoms with van der Waals surface area (Å²) < 4.78 is 26.3. The fourth-order valence-corrected chi connectivity index (χ4v) is 5.88. The molecule has 1 aromatic heterocycles. The molecule has 0 bridgehead atoms. The fourth-order valence-electron chi connectivity index (χ4n) is 5.76. The highest BCUT2D eigenvalue weighted by atomic mass is 35.5. The van der Waals surface area contributed by atoms with Gasteiger partial charge in [0, 0.05) is 62.2 Å². The van der Waals surface area contributed by atoms with E-state index in [4.69, 9.17) is 32.2 Å². The van der Waals surface area contributed by atoms with Crippen LogP contribution in [0.4, 0.5) is 21.7 Å². The van der Waals surface area contributed by atoms with Crippen LogP contribution in [0.2, 0.25) is 0 Å². The van der Waals surface area contributed by atoms with Gasteiger partial charge in [0.15, 0.2) is 12.0 Å². The lowest BCUT2D eigenvalue weighted by atomic mass is 10.0. The van der Waals surface area contributed by atoms with Crippen LogP contribution < -0.4 is 20.7 Å². The van der Waals surface area contributed by atoms with Crippen molar-refractivity contribution in [3.05, 3.63) is 66.1 Å². The highest BCUT2D eigenvalue weighted by Gasteiger charge is 2.34. The number of hydrogen-bond acceptors (Lipinski definition) is 12. The number of ether oxygens (including phenoxy) is 2. The van der Waals surface area contributed by atoms with Gasteiger partial charge in [-0.1, -0.05) is 11.6 Å². The summed E-state index contributed by atoms with van der Waals surface area (Å²) >= 11 is 5.48. The van der Waals surface area contributed by atoms with Crippen molar-refractivity contribution < 1.29 is 18.7 Å². The minimum Gasteiger partial charge on any atom is -0.486 e. The van der Waals surface area contributed by atoms with E-state index in [2.05, 4.69) is 48.3 Å². The van der Waals surface area contributed by atoms with Gasteiger partial charge in [-0.3, -0.25) is 15.1 Å². The number of piperidine rings is 1. The van der Waals surface area contributed by atoms with Gasteiger partial charge in [0.05, 0.1) is 31.4 Å². The number of halogens is 2. The number of nitriles is 1. The molecule has 3 aromatic rings. The first-order chi connectivity index (χ1) is 22.8. The summed E-state index contributed by atoms with van der Waals surface area (Å²) in [5.74, 6) is 0.302. The van der Waals surface area contributed by atoms with Crippen molar-refractivity contribution in [2.75, 3.05) is 62.7 Å². The number of aromatic nitrogens is 3. The van der Waals surface area contributed by atoms with E-state index < -0.39 is 23.4 Å². The van der Waals surface area contributed by atoms with Crippen molar-refractivity contribution in [3.8, 4) is 23.2 Å². The first kappa shape index (κ1) is 32.1. The summed E-state index contributed by atoms with van der Waals surface area (Å²) in [6, 6.07) is 15.7. The van der Waals surface area contributed by atoms with Gasteiger partial charge in [0.25, 0.3) is 5.91 Å².